The maximum absolute atomic E-state index is 12.6. The molecule has 2 amide bonds. The third kappa shape index (κ3) is 6.23. The van der Waals surface area contributed by atoms with Crippen LogP contribution in [0.2, 0.25) is 0 Å². The van der Waals surface area contributed by atoms with E-state index in [9.17, 15) is 9.59 Å². The van der Waals surface area contributed by atoms with Crippen LogP contribution in [0.5, 0.6) is 0 Å². The van der Waals surface area contributed by atoms with Crippen molar-refractivity contribution in [1.29, 1.82) is 0 Å². The van der Waals surface area contributed by atoms with Crippen LogP contribution in [0.4, 0.5) is 5.69 Å². The summed E-state index contributed by atoms with van der Waals surface area (Å²) in [5.41, 5.74) is 0.892. The minimum Gasteiger partial charge on any atom is -0.467 e. The number of furan rings is 1. The lowest BCUT2D eigenvalue weighted by Gasteiger charge is -2.24. The fourth-order valence-corrected chi connectivity index (χ4v) is 2.56. The van der Waals surface area contributed by atoms with Gasteiger partial charge in [-0.05, 0) is 44.7 Å². The number of ether oxygens (including phenoxy) is 1. The molecular formula is C20H27N3O4. The Labute approximate surface area is 159 Å². The van der Waals surface area contributed by atoms with Gasteiger partial charge in [0, 0.05) is 20.3 Å². The van der Waals surface area contributed by atoms with E-state index in [0.717, 1.165) is 13.0 Å². The first-order valence-electron chi connectivity index (χ1n) is 8.92. The van der Waals surface area contributed by atoms with Gasteiger partial charge in [-0.2, -0.15) is 0 Å². The van der Waals surface area contributed by atoms with E-state index in [-0.39, 0.29) is 24.4 Å². The smallest absolute Gasteiger partial charge is 0.253 e. The van der Waals surface area contributed by atoms with E-state index in [1.165, 1.54) is 0 Å². The minimum atomic E-state index is -0.332. The predicted molar refractivity (Wildman–Crippen MR) is 104 cm³/mol. The van der Waals surface area contributed by atoms with Crippen molar-refractivity contribution in [1.82, 2.24) is 10.2 Å². The minimum absolute atomic E-state index is 0.166. The molecule has 0 saturated heterocycles. The summed E-state index contributed by atoms with van der Waals surface area (Å²) in [5, 5.41) is 5.65. The topological polar surface area (TPSA) is 83.8 Å². The Balaban J connectivity index is 1.97. The second-order valence-electron chi connectivity index (χ2n) is 6.30. The molecule has 0 spiro atoms. The molecule has 2 aromatic rings. The largest absolute Gasteiger partial charge is 0.467 e. The summed E-state index contributed by atoms with van der Waals surface area (Å²) in [5.74, 6) is 0.223. The van der Waals surface area contributed by atoms with Crippen molar-refractivity contribution >= 4 is 17.5 Å². The second-order valence-corrected chi connectivity index (χ2v) is 6.30. The number of para-hydroxylation sites is 1. The number of carbonyl (C=O) groups excluding carboxylic acids is 2. The molecule has 1 heterocycles. The molecule has 1 aromatic carbocycles. The van der Waals surface area contributed by atoms with Gasteiger partial charge in [-0.25, -0.2) is 0 Å². The van der Waals surface area contributed by atoms with E-state index in [0.29, 0.717) is 23.6 Å². The van der Waals surface area contributed by atoms with Crippen molar-refractivity contribution < 1.29 is 18.7 Å². The molecule has 1 aromatic heterocycles. The highest BCUT2D eigenvalue weighted by Gasteiger charge is 2.20. The number of carbonyl (C=O) groups is 2. The quantitative estimate of drug-likeness (QED) is 0.625. The van der Waals surface area contributed by atoms with Crippen LogP contribution in [0.1, 0.15) is 29.5 Å². The lowest BCUT2D eigenvalue weighted by atomic mass is 10.1. The molecule has 146 valence electrons. The van der Waals surface area contributed by atoms with Crippen molar-refractivity contribution in [2.24, 2.45) is 0 Å². The monoisotopic (exact) mass is 373 g/mol. The molecule has 1 unspecified atom stereocenters. The summed E-state index contributed by atoms with van der Waals surface area (Å²) < 4.78 is 10.3. The number of rotatable bonds is 10. The zero-order valence-corrected chi connectivity index (χ0v) is 16.0. The zero-order valence-electron chi connectivity index (χ0n) is 16.0. The van der Waals surface area contributed by atoms with Crippen molar-refractivity contribution in [3.8, 4) is 0 Å². The molecule has 0 bridgehead atoms. The van der Waals surface area contributed by atoms with Crippen molar-refractivity contribution in [3.05, 3.63) is 54.0 Å². The Morgan fingerprint density at radius 1 is 1.22 bits per heavy atom. The molecule has 0 fully saturated rings. The third-order valence-electron chi connectivity index (χ3n) is 4.33. The lowest BCUT2D eigenvalue weighted by Crippen LogP contribution is -2.40. The number of nitrogens with zero attached hydrogens (tertiary/aromatic N) is 1. The van der Waals surface area contributed by atoms with E-state index in [1.807, 2.05) is 18.9 Å². The molecule has 0 aliphatic rings. The average Bonchev–Trinajstić information content (AvgIpc) is 3.19. The summed E-state index contributed by atoms with van der Waals surface area (Å²) in [6, 6.07) is 10.2. The van der Waals surface area contributed by atoms with Gasteiger partial charge in [0.25, 0.3) is 5.91 Å². The standard InChI is InChI=1S/C20H27N3O4/c1-15(23(2)11-7-12-26-3)19(24)22-18-10-5-4-9-17(18)20(25)21-14-16-8-6-13-27-16/h4-6,8-10,13,15H,7,11-12,14H2,1-3H3,(H,21,25)(H,22,24). The Hall–Kier alpha value is -2.64. The van der Waals surface area contributed by atoms with Gasteiger partial charge in [0.15, 0.2) is 0 Å². The molecule has 1 atom stereocenters. The van der Waals surface area contributed by atoms with Gasteiger partial charge in [0.1, 0.15) is 5.76 Å². The van der Waals surface area contributed by atoms with Crippen LogP contribution in [0.25, 0.3) is 0 Å². The summed E-state index contributed by atoms with van der Waals surface area (Å²) in [4.78, 5) is 27.0. The maximum atomic E-state index is 12.6. The summed E-state index contributed by atoms with van der Waals surface area (Å²) in [6.07, 6.45) is 2.40. The van der Waals surface area contributed by atoms with Crippen LogP contribution in [0, 0.1) is 0 Å². The molecule has 0 saturated carbocycles. The number of anilines is 1. The van der Waals surface area contributed by atoms with Crippen LogP contribution < -0.4 is 10.6 Å². The van der Waals surface area contributed by atoms with Gasteiger partial charge in [-0.15, -0.1) is 0 Å². The number of nitrogens with one attached hydrogen (secondary N) is 2. The summed E-state index contributed by atoms with van der Waals surface area (Å²) in [7, 11) is 3.55. The molecular weight excluding hydrogens is 346 g/mol. The first-order chi connectivity index (χ1) is 13.0. The Kier molecular flexibility index (Phi) is 8.03. The molecule has 0 radical (unpaired) electrons. The number of benzene rings is 1. The Morgan fingerprint density at radius 3 is 2.70 bits per heavy atom. The number of amides is 2. The van der Waals surface area contributed by atoms with Crippen LogP contribution in [-0.2, 0) is 16.1 Å². The Bertz CT molecular complexity index is 731. The highest BCUT2D eigenvalue weighted by atomic mass is 16.5. The first-order valence-corrected chi connectivity index (χ1v) is 8.92. The van der Waals surface area contributed by atoms with E-state index in [4.69, 9.17) is 9.15 Å². The second kappa shape index (κ2) is 10.5. The van der Waals surface area contributed by atoms with Crippen LogP contribution >= 0.6 is 0 Å². The SMILES string of the molecule is COCCCN(C)C(C)C(=O)Nc1ccccc1C(=O)NCc1ccco1. The summed E-state index contributed by atoms with van der Waals surface area (Å²) >= 11 is 0. The molecule has 7 nitrogen and oxygen atoms in total. The maximum Gasteiger partial charge on any atom is 0.253 e. The van der Waals surface area contributed by atoms with Gasteiger partial charge in [0.2, 0.25) is 5.91 Å². The fraction of sp³-hybridized carbons (Fsp3) is 0.400. The molecule has 0 aliphatic heterocycles. The zero-order chi connectivity index (χ0) is 19.6. The fourth-order valence-electron chi connectivity index (χ4n) is 2.56. The number of hydrogen-bond donors (Lipinski definition) is 2. The lowest BCUT2D eigenvalue weighted by molar-refractivity contribution is -0.120. The van der Waals surface area contributed by atoms with E-state index in [1.54, 1.807) is 49.8 Å². The molecule has 2 N–H and O–H groups in total. The van der Waals surface area contributed by atoms with E-state index < -0.39 is 0 Å². The van der Waals surface area contributed by atoms with Crippen molar-refractivity contribution in [3.63, 3.8) is 0 Å². The number of methoxy groups -OCH3 is 1. The Morgan fingerprint density at radius 2 is 2.00 bits per heavy atom. The van der Waals surface area contributed by atoms with Gasteiger partial charge < -0.3 is 19.8 Å². The highest BCUT2D eigenvalue weighted by Crippen LogP contribution is 2.16. The van der Waals surface area contributed by atoms with E-state index in [2.05, 4.69) is 10.6 Å². The summed E-state index contributed by atoms with van der Waals surface area (Å²) in [6.45, 7) is 3.51. The molecule has 7 heteroatoms. The first kappa shape index (κ1) is 20.7. The van der Waals surface area contributed by atoms with Crippen molar-refractivity contribution in [2.45, 2.75) is 25.9 Å². The molecule has 2 rings (SSSR count). The molecule has 0 aliphatic carbocycles. The van der Waals surface area contributed by atoms with Crippen LogP contribution in [0.3, 0.4) is 0 Å². The number of likely N-dealkylation sites (N-methyl/N-ethyl adjacent to an activating group) is 1. The third-order valence-corrected chi connectivity index (χ3v) is 4.33. The number of hydrogen-bond acceptors (Lipinski definition) is 5. The van der Waals surface area contributed by atoms with Gasteiger partial charge in [-0.3, -0.25) is 14.5 Å². The van der Waals surface area contributed by atoms with Gasteiger partial charge in [0.05, 0.1) is 30.1 Å². The van der Waals surface area contributed by atoms with Gasteiger partial charge >= 0.3 is 0 Å². The normalized spacial score (nSPS) is 12.0. The average molecular weight is 373 g/mol. The van der Waals surface area contributed by atoms with Gasteiger partial charge in [-0.1, -0.05) is 12.1 Å². The van der Waals surface area contributed by atoms with E-state index >= 15 is 0 Å². The van der Waals surface area contributed by atoms with Crippen LogP contribution in [0.15, 0.2) is 47.1 Å². The van der Waals surface area contributed by atoms with Crippen LogP contribution in [-0.4, -0.2) is 50.1 Å². The van der Waals surface area contributed by atoms with Crippen molar-refractivity contribution in [2.75, 3.05) is 32.6 Å². The highest BCUT2D eigenvalue weighted by molar-refractivity contribution is 6.04. The molecule has 27 heavy (non-hydrogen) atoms. The predicted octanol–water partition coefficient (Wildman–Crippen LogP) is 2.50.